The van der Waals surface area contributed by atoms with E-state index in [1.165, 1.54) is 12.1 Å². The summed E-state index contributed by atoms with van der Waals surface area (Å²) in [4.78, 5) is 40.2. The molecule has 34 heavy (non-hydrogen) atoms. The van der Waals surface area contributed by atoms with Crippen LogP contribution < -0.4 is 5.73 Å². The van der Waals surface area contributed by atoms with Crippen molar-refractivity contribution in [1.82, 2.24) is 4.90 Å². The zero-order valence-electron chi connectivity index (χ0n) is 18.3. The molecule has 11 heteroatoms. The number of likely N-dealkylation sites (tertiary alicyclic amines) is 1. The number of carbonyl (C=O) groups excluding carboxylic acids is 2. The number of carboxylic acid groups (broad SMARTS) is 1. The van der Waals surface area contributed by atoms with Crippen molar-refractivity contribution in [3.8, 4) is 6.07 Å². The first kappa shape index (κ1) is 22.8. The second-order valence-electron chi connectivity index (χ2n) is 10.2. The van der Waals surface area contributed by atoms with E-state index < -0.39 is 55.5 Å². The Morgan fingerprint density at radius 3 is 2.26 bits per heavy atom. The number of primary amides is 1. The highest BCUT2D eigenvalue weighted by Crippen LogP contribution is 2.68. The Kier molecular flexibility index (Phi) is 4.87. The summed E-state index contributed by atoms with van der Waals surface area (Å²) in [6, 6.07) is 9.55. The van der Waals surface area contributed by atoms with Gasteiger partial charge in [0.2, 0.25) is 11.8 Å². The highest BCUT2D eigenvalue weighted by atomic mass is 32.2. The molecule has 3 N–H and O–H groups in total. The third-order valence-corrected chi connectivity index (χ3v) is 10.5. The molecule has 2 heterocycles. The molecular weight excluding hydrogens is 462 g/mol. The van der Waals surface area contributed by atoms with E-state index in [0.29, 0.717) is 26.3 Å². The van der Waals surface area contributed by atoms with Crippen LogP contribution in [0.15, 0.2) is 35.2 Å². The van der Waals surface area contributed by atoms with Gasteiger partial charge >= 0.3 is 5.97 Å². The van der Waals surface area contributed by atoms with E-state index in [2.05, 4.69) is 0 Å². The fourth-order valence-electron chi connectivity index (χ4n) is 6.26. The van der Waals surface area contributed by atoms with Crippen LogP contribution in [0.5, 0.6) is 0 Å². The van der Waals surface area contributed by atoms with Crippen molar-refractivity contribution >= 4 is 27.6 Å². The normalized spacial score (nSPS) is 35.6. The van der Waals surface area contributed by atoms with Gasteiger partial charge < -0.3 is 20.5 Å². The van der Waals surface area contributed by atoms with Gasteiger partial charge in [0.25, 0.3) is 0 Å². The van der Waals surface area contributed by atoms with Crippen LogP contribution in [-0.2, 0) is 29.0 Å². The molecule has 0 aromatic heterocycles. The maximum Gasteiger partial charge on any atom is 0.310 e. The summed E-state index contributed by atoms with van der Waals surface area (Å²) >= 11 is 0. The molecule has 4 aliphatic rings. The third kappa shape index (κ3) is 2.94. The number of carbonyl (C=O) groups is 3. The Hall–Kier alpha value is -2.97. The van der Waals surface area contributed by atoms with Crippen molar-refractivity contribution in [2.24, 2.45) is 33.8 Å². The number of nitrogens with two attached hydrogens (primary N) is 1. The molecule has 1 aromatic rings. The molecule has 2 saturated carbocycles. The van der Waals surface area contributed by atoms with Gasteiger partial charge in [-0.05, 0) is 31.4 Å². The van der Waals surface area contributed by atoms with Crippen LogP contribution in [0.25, 0.3) is 0 Å². The molecule has 5 atom stereocenters. The van der Waals surface area contributed by atoms with Crippen LogP contribution in [0, 0.1) is 39.4 Å². The Morgan fingerprint density at radius 1 is 1.15 bits per heavy atom. The number of ether oxygens (including phenoxy) is 1. The molecule has 10 nitrogen and oxygen atoms in total. The zero-order valence-corrected chi connectivity index (χ0v) is 19.2. The first-order chi connectivity index (χ1) is 16.0. The third-order valence-electron chi connectivity index (χ3n) is 8.30. The summed E-state index contributed by atoms with van der Waals surface area (Å²) < 4.78 is 32.1. The van der Waals surface area contributed by atoms with Crippen LogP contribution >= 0.6 is 0 Å². The Bertz CT molecular complexity index is 1210. The van der Waals surface area contributed by atoms with Gasteiger partial charge in [-0.15, -0.1) is 0 Å². The van der Waals surface area contributed by atoms with Crippen LogP contribution in [0.4, 0.5) is 0 Å². The van der Waals surface area contributed by atoms with Gasteiger partial charge in [0.1, 0.15) is 5.41 Å². The number of nitrogens with zero attached hydrogens (tertiary/aromatic N) is 2. The van der Waals surface area contributed by atoms with E-state index in [4.69, 9.17) is 10.5 Å². The summed E-state index contributed by atoms with van der Waals surface area (Å²) in [7, 11) is -3.96. The minimum Gasteiger partial charge on any atom is -0.481 e. The summed E-state index contributed by atoms with van der Waals surface area (Å²) in [5.74, 6) is -4.99. The molecule has 2 aliphatic heterocycles. The Balaban J connectivity index is 1.54. The Labute approximate surface area is 196 Å². The van der Waals surface area contributed by atoms with Crippen LogP contribution in [0.2, 0.25) is 0 Å². The minimum absolute atomic E-state index is 0.0409. The number of carboxylic acids is 1. The summed E-state index contributed by atoms with van der Waals surface area (Å²) in [6.45, 7) is 1.88. The lowest BCUT2D eigenvalue weighted by Crippen LogP contribution is -2.68. The maximum absolute atomic E-state index is 13.6. The fourth-order valence-corrected chi connectivity index (χ4v) is 8.12. The summed E-state index contributed by atoms with van der Waals surface area (Å²) in [5.41, 5.74) is 1.75. The number of hydrogen-bond donors (Lipinski definition) is 2. The molecular formula is C23H25N3O7S. The zero-order chi connectivity index (χ0) is 24.5. The average molecular weight is 488 g/mol. The second-order valence-corrected chi connectivity index (χ2v) is 12.4. The monoisotopic (exact) mass is 487 g/mol. The highest BCUT2D eigenvalue weighted by molar-refractivity contribution is 7.92. The van der Waals surface area contributed by atoms with Crippen molar-refractivity contribution in [3.63, 3.8) is 0 Å². The van der Waals surface area contributed by atoms with Gasteiger partial charge in [-0.3, -0.25) is 14.4 Å². The van der Waals surface area contributed by atoms with Crippen molar-refractivity contribution in [1.29, 1.82) is 5.26 Å². The molecule has 2 aliphatic carbocycles. The number of aliphatic carboxylic acids is 1. The van der Waals surface area contributed by atoms with Crippen molar-refractivity contribution in [2.75, 3.05) is 26.3 Å². The van der Waals surface area contributed by atoms with Gasteiger partial charge in [-0.1, -0.05) is 18.2 Å². The quantitative estimate of drug-likeness (QED) is 0.573. The van der Waals surface area contributed by atoms with Gasteiger partial charge in [0, 0.05) is 19.0 Å². The number of amides is 2. The fraction of sp³-hybridized carbons (Fsp3) is 0.565. The number of rotatable bonds is 6. The number of benzene rings is 1. The van der Waals surface area contributed by atoms with Crippen molar-refractivity contribution in [2.45, 2.75) is 29.4 Å². The minimum atomic E-state index is -3.96. The van der Waals surface area contributed by atoms with E-state index in [-0.39, 0.29) is 29.6 Å². The van der Waals surface area contributed by atoms with E-state index in [1.54, 1.807) is 23.1 Å². The lowest BCUT2D eigenvalue weighted by molar-refractivity contribution is -0.200. The molecule has 0 radical (unpaired) electrons. The molecule has 2 amide bonds. The van der Waals surface area contributed by atoms with Crippen molar-refractivity contribution in [3.05, 3.63) is 30.3 Å². The smallest absolute Gasteiger partial charge is 0.310 e. The number of sulfone groups is 1. The van der Waals surface area contributed by atoms with Crippen LogP contribution in [-0.4, -0.2) is 67.8 Å². The standard InChI is InChI=1S/C23H25N3O7S/c24-9-22(19(25)28)8-17(22)23(20(29)30)7-15(34(31,32)14-4-2-1-3-5-14)6-16(23)18(27)26-10-21(11-26)12-33-13-21/h1-5,15-17H,6-8,10-13H2,(H2,25,28)(H,29,30)/t15-,16+,17?,22?,23+/m1/s1. The van der Waals surface area contributed by atoms with E-state index in [0.717, 1.165) is 0 Å². The molecule has 2 saturated heterocycles. The van der Waals surface area contributed by atoms with Crippen molar-refractivity contribution < 1.29 is 32.6 Å². The number of nitriles is 1. The lowest BCUT2D eigenvalue weighted by atomic mass is 9.69. The lowest BCUT2D eigenvalue weighted by Gasteiger charge is -2.56. The van der Waals surface area contributed by atoms with Crippen LogP contribution in [0.1, 0.15) is 19.3 Å². The molecule has 2 unspecified atom stereocenters. The molecule has 5 rings (SSSR count). The summed E-state index contributed by atoms with van der Waals surface area (Å²) in [5, 5.41) is 19.0. The Morgan fingerprint density at radius 2 is 1.79 bits per heavy atom. The average Bonchev–Trinajstić information content (AvgIpc) is 3.36. The van der Waals surface area contributed by atoms with Gasteiger partial charge in [0.15, 0.2) is 9.84 Å². The largest absolute Gasteiger partial charge is 0.481 e. The molecule has 1 spiro atoms. The van der Waals surface area contributed by atoms with Gasteiger partial charge in [-0.25, -0.2) is 8.42 Å². The SMILES string of the molecule is N#CC1(C(N)=O)CC1[C@]1(C(=O)O)C[C@H](S(=O)(=O)c2ccccc2)C[C@H]1C(=O)N1CC2(COC2)C1. The first-order valence-corrected chi connectivity index (χ1v) is 12.7. The van der Waals surface area contributed by atoms with E-state index in [9.17, 15) is 33.2 Å². The van der Waals surface area contributed by atoms with E-state index >= 15 is 0 Å². The second kappa shape index (κ2) is 7.26. The molecule has 1 aromatic carbocycles. The molecule has 0 bridgehead atoms. The molecule has 4 fully saturated rings. The number of hydrogen-bond acceptors (Lipinski definition) is 7. The van der Waals surface area contributed by atoms with Crippen LogP contribution in [0.3, 0.4) is 0 Å². The van der Waals surface area contributed by atoms with E-state index in [1.807, 2.05) is 6.07 Å². The summed E-state index contributed by atoms with van der Waals surface area (Å²) in [6.07, 6.45) is -0.663. The first-order valence-electron chi connectivity index (χ1n) is 11.1. The maximum atomic E-state index is 13.6. The van der Waals surface area contributed by atoms with Gasteiger partial charge in [-0.2, -0.15) is 5.26 Å². The highest BCUT2D eigenvalue weighted by Gasteiger charge is 2.76. The topological polar surface area (TPSA) is 168 Å². The molecule has 180 valence electrons. The predicted molar refractivity (Wildman–Crippen MR) is 115 cm³/mol. The predicted octanol–water partition coefficient (Wildman–Crippen LogP) is 0.184. The van der Waals surface area contributed by atoms with Gasteiger partial charge in [0.05, 0.1) is 46.2 Å².